The molecule has 3 nitrogen and oxygen atoms in total. The van der Waals surface area contributed by atoms with Crippen molar-refractivity contribution >= 4 is 21.3 Å². The molecule has 1 aliphatic heterocycles. The van der Waals surface area contributed by atoms with E-state index in [-0.39, 0.29) is 0 Å². The van der Waals surface area contributed by atoms with Crippen molar-refractivity contribution in [3.63, 3.8) is 0 Å². The van der Waals surface area contributed by atoms with E-state index < -0.39 is 6.19 Å². The van der Waals surface area contributed by atoms with E-state index in [1.165, 1.54) is 0 Å². The molecule has 0 atom stereocenters. The minimum absolute atomic E-state index is 0.578. The molecule has 0 aliphatic carbocycles. The van der Waals surface area contributed by atoms with Crippen molar-refractivity contribution in [1.82, 2.24) is 0 Å². The van der Waals surface area contributed by atoms with E-state index in [1.807, 2.05) is 31.2 Å². The Balaban J connectivity index is 2.27. The molecule has 0 unspecified atom stereocenters. The number of hydrogen-bond acceptors (Lipinski definition) is 3. The van der Waals surface area contributed by atoms with E-state index >= 15 is 0 Å². The fourth-order valence-electron chi connectivity index (χ4n) is 1.07. The van der Waals surface area contributed by atoms with Crippen molar-refractivity contribution in [3.05, 3.63) is 24.3 Å². The van der Waals surface area contributed by atoms with E-state index in [9.17, 15) is 0 Å². The zero-order valence-electron chi connectivity index (χ0n) is 7.10. The Morgan fingerprint density at radius 3 is 2.31 bits per heavy atom. The topological polar surface area (TPSA) is 27.7 Å². The molecular formula is C8H9O3PSe. The Morgan fingerprint density at radius 1 is 1.31 bits per heavy atom. The van der Waals surface area contributed by atoms with E-state index in [4.69, 9.17) is 13.6 Å². The average Bonchev–Trinajstić information content (AvgIpc) is 2.40. The Morgan fingerprint density at radius 2 is 1.85 bits per heavy atom. The molecule has 1 aromatic rings. The van der Waals surface area contributed by atoms with Gasteiger partial charge < -0.3 is 0 Å². The molecule has 0 saturated heterocycles. The molecule has 1 aliphatic rings. The zero-order chi connectivity index (χ0) is 9.31. The molecule has 70 valence electrons. The summed E-state index contributed by atoms with van der Waals surface area (Å²) in [7, 11) is 0. The SMILES string of the molecule is CCOP1(=[Se])Oc2ccccc2O1. The fraction of sp³-hybridized carbons (Fsp3) is 0.250. The molecule has 1 heterocycles. The van der Waals surface area contributed by atoms with E-state index in [2.05, 4.69) is 15.1 Å². The van der Waals surface area contributed by atoms with Crippen LogP contribution in [0.15, 0.2) is 24.3 Å². The van der Waals surface area contributed by atoms with Crippen LogP contribution in [0, 0.1) is 0 Å². The summed E-state index contributed by atoms with van der Waals surface area (Å²) in [5, 5.41) is 0. The molecule has 0 saturated carbocycles. The van der Waals surface area contributed by atoms with Crippen molar-refractivity contribution in [2.45, 2.75) is 6.92 Å². The third-order valence-corrected chi connectivity index (χ3v) is 4.57. The van der Waals surface area contributed by atoms with Crippen LogP contribution in [0.5, 0.6) is 11.5 Å². The first kappa shape index (κ1) is 9.29. The van der Waals surface area contributed by atoms with Crippen molar-refractivity contribution in [2.24, 2.45) is 0 Å². The molecule has 0 N–H and O–H groups in total. The first-order valence-electron chi connectivity index (χ1n) is 3.96. The Labute approximate surface area is 84.5 Å². The second-order valence-electron chi connectivity index (χ2n) is 2.49. The maximum atomic E-state index is 5.55. The van der Waals surface area contributed by atoms with Gasteiger partial charge in [-0.25, -0.2) is 0 Å². The van der Waals surface area contributed by atoms with Crippen LogP contribution >= 0.6 is 6.19 Å². The second kappa shape index (κ2) is 3.47. The molecule has 0 aromatic heterocycles. The molecule has 0 amide bonds. The molecule has 0 radical (unpaired) electrons. The van der Waals surface area contributed by atoms with Crippen LogP contribution in [0.3, 0.4) is 0 Å². The first-order chi connectivity index (χ1) is 6.23. The monoisotopic (exact) mass is 264 g/mol. The van der Waals surface area contributed by atoms with Crippen molar-refractivity contribution in [3.8, 4) is 11.5 Å². The van der Waals surface area contributed by atoms with Crippen LogP contribution in [0.1, 0.15) is 6.92 Å². The van der Waals surface area contributed by atoms with Gasteiger partial charge in [0.05, 0.1) is 0 Å². The Bertz CT molecular complexity index is 337. The normalized spacial score (nSPS) is 17.3. The van der Waals surface area contributed by atoms with Crippen molar-refractivity contribution in [2.75, 3.05) is 6.61 Å². The molecular weight excluding hydrogens is 254 g/mol. The molecule has 0 spiro atoms. The second-order valence-corrected chi connectivity index (χ2v) is 6.83. The molecule has 13 heavy (non-hydrogen) atoms. The van der Waals surface area contributed by atoms with Gasteiger partial charge in [-0.2, -0.15) is 0 Å². The first-order valence-corrected chi connectivity index (χ1v) is 7.72. The number of hydrogen-bond donors (Lipinski definition) is 0. The number of rotatable bonds is 2. The van der Waals surface area contributed by atoms with E-state index in [0.717, 1.165) is 11.5 Å². The van der Waals surface area contributed by atoms with Crippen LogP contribution in [-0.2, 0) is 4.52 Å². The Kier molecular flexibility index (Phi) is 2.48. The number of benzene rings is 1. The summed E-state index contributed by atoms with van der Waals surface area (Å²) in [6.45, 7) is 2.49. The summed E-state index contributed by atoms with van der Waals surface area (Å²) in [6, 6.07) is 7.55. The fourth-order valence-corrected chi connectivity index (χ4v) is 3.99. The van der Waals surface area contributed by atoms with Gasteiger partial charge in [0, 0.05) is 0 Å². The molecule has 0 bridgehead atoms. The van der Waals surface area contributed by atoms with Gasteiger partial charge in [0.2, 0.25) is 0 Å². The standard InChI is InChI=1S/C8H9O3PSe/c1-2-9-12(13)10-7-5-3-4-6-8(7)11-12/h3-6H,2H2,1H3. The Hall–Kier alpha value is -0.271. The summed E-state index contributed by atoms with van der Waals surface area (Å²) in [6.07, 6.45) is -2.23. The van der Waals surface area contributed by atoms with Gasteiger partial charge in [-0.1, -0.05) is 0 Å². The summed E-state index contributed by atoms with van der Waals surface area (Å²) in [5.74, 6) is 1.51. The van der Waals surface area contributed by atoms with Gasteiger partial charge in [-0.3, -0.25) is 0 Å². The summed E-state index contributed by atoms with van der Waals surface area (Å²) < 4.78 is 16.5. The van der Waals surface area contributed by atoms with Crippen LogP contribution < -0.4 is 9.05 Å². The predicted octanol–water partition coefficient (Wildman–Crippen LogP) is 2.34. The van der Waals surface area contributed by atoms with E-state index in [0.29, 0.717) is 6.61 Å². The van der Waals surface area contributed by atoms with Gasteiger partial charge in [0.15, 0.2) is 0 Å². The van der Waals surface area contributed by atoms with Gasteiger partial charge in [-0.05, 0) is 0 Å². The third-order valence-electron chi connectivity index (χ3n) is 1.56. The van der Waals surface area contributed by atoms with Gasteiger partial charge >= 0.3 is 84.2 Å². The van der Waals surface area contributed by atoms with Gasteiger partial charge in [0.1, 0.15) is 0 Å². The van der Waals surface area contributed by atoms with Crippen LogP contribution in [-0.4, -0.2) is 21.7 Å². The minimum atomic E-state index is -2.23. The third kappa shape index (κ3) is 1.82. The van der Waals surface area contributed by atoms with Crippen LogP contribution in [0.4, 0.5) is 0 Å². The molecule has 5 heteroatoms. The van der Waals surface area contributed by atoms with Gasteiger partial charge in [0.25, 0.3) is 0 Å². The van der Waals surface area contributed by atoms with E-state index in [1.54, 1.807) is 0 Å². The number of para-hydroxylation sites is 2. The van der Waals surface area contributed by atoms with Gasteiger partial charge in [-0.15, -0.1) is 0 Å². The van der Waals surface area contributed by atoms with Crippen molar-refractivity contribution < 1.29 is 13.6 Å². The predicted molar refractivity (Wildman–Crippen MR) is 52.0 cm³/mol. The maximum absolute atomic E-state index is 5.55. The van der Waals surface area contributed by atoms with Crippen LogP contribution in [0.25, 0.3) is 0 Å². The van der Waals surface area contributed by atoms with Crippen LogP contribution in [0.2, 0.25) is 0 Å². The quantitative estimate of drug-likeness (QED) is 0.605. The summed E-state index contributed by atoms with van der Waals surface area (Å²) in [4.78, 5) is 0. The molecule has 0 fully saturated rings. The zero-order valence-corrected chi connectivity index (χ0v) is 9.70. The average molecular weight is 263 g/mol. The van der Waals surface area contributed by atoms with Crippen molar-refractivity contribution in [1.29, 1.82) is 0 Å². The molecule has 1 aromatic carbocycles. The summed E-state index contributed by atoms with van der Waals surface area (Å²) in [5.41, 5.74) is 0. The summed E-state index contributed by atoms with van der Waals surface area (Å²) >= 11 is 2.84. The molecule has 2 rings (SSSR count). The number of fused-ring (bicyclic) bond motifs is 1.